The van der Waals surface area contributed by atoms with Crippen molar-refractivity contribution in [3.8, 4) is 11.3 Å². The largest absolute Gasteiger partial charge is 0.481 e. The normalized spacial score (nSPS) is 11.3. The minimum Gasteiger partial charge on any atom is -0.481 e. The maximum Gasteiger partial charge on any atom is 0.308 e. The molecule has 128 valence electrons. The molecule has 0 saturated heterocycles. The van der Waals surface area contributed by atoms with Gasteiger partial charge in [-0.3, -0.25) is 9.59 Å². The van der Waals surface area contributed by atoms with Crippen molar-refractivity contribution in [3.63, 3.8) is 0 Å². The summed E-state index contributed by atoms with van der Waals surface area (Å²) in [7, 11) is 0. The smallest absolute Gasteiger partial charge is 0.308 e. The third-order valence-corrected chi connectivity index (χ3v) is 4.52. The lowest BCUT2D eigenvalue weighted by Crippen LogP contribution is -2.27. The predicted molar refractivity (Wildman–Crippen MR) is 96.4 cm³/mol. The van der Waals surface area contributed by atoms with E-state index >= 15 is 0 Å². The lowest BCUT2D eigenvalue weighted by molar-refractivity contribution is -0.136. The van der Waals surface area contributed by atoms with Crippen LogP contribution in [0, 0.1) is 5.41 Å². The number of carboxylic acids is 1. The van der Waals surface area contributed by atoms with Crippen LogP contribution in [0.4, 0.5) is 5.13 Å². The van der Waals surface area contributed by atoms with Crippen LogP contribution in [0.25, 0.3) is 11.3 Å². The molecule has 1 aromatic heterocycles. The van der Waals surface area contributed by atoms with E-state index in [1.54, 1.807) is 0 Å². The number of benzene rings is 1. The number of thiazole rings is 1. The first-order valence-corrected chi connectivity index (χ1v) is 8.64. The average Bonchev–Trinajstić information content (AvgIpc) is 2.88. The SMILES string of the molecule is CCc1ccc(-c2nc(NC(=O)C(C)(C)C)sc2CC(=O)O)cc1. The zero-order valence-corrected chi connectivity index (χ0v) is 15.2. The van der Waals surface area contributed by atoms with E-state index in [1.165, 1.54) is 16.9 Å². The van der Waals surface area contributed by atoms with Gasteiger partial charge in [-0.2, -0.15) is 0 Å². The number of aliphatic carboxylic acids is 1. The number of carbonyl (C=O) groups excluding carboxylic acids is 1. The summed E-state index contributed by atoms with van der Waals surface area (Å²) in [5.41, 5.74) is 2.14. The minimum absolute atomic E-state index is 0.117. The molecule has 0 saturated carbocycles. The molecule has 0 bridgehead atoms. The van der Waals surface area contributed by atoms with Crippen molar-refractivity contribution < 1.29 is 14.7 Å². The number of nitrogens with zero attached hydrogens (tertiary/aromatic N) is 1. The summed E-state index contributed by atoms with van der Waals surface area (Å²) in [6.45, 7) is 7.53. The van der Waals surface area contributed by atoms with Gasteiger partial charge in [-0.25, -0.2) is 4.98 Å². The van der Waals surface area contributed by atoms with E-state index in [1.807, 2.05) is 45.0 Å². The number of carboxylic acid groups (broad SMARTS) is 1. The lowest BCUT2D eigenvalue weighted by atomic mass is 9.96. The molecule has 24 heavy (non-hydrogen) atoms. The zero-order valence-electron chi connectivity index (χ0n) is 14.3. The summed E-state index contributed by atoms with van der Waals surface area (Å²) in [6.07, 6.45) is 0.820. The Kier molecular flexibility index (Phi) is 5.39. The fourth-order valence-corrected chi connectivity index (χ4v) is 3.04. The van der Waals surface area contributed by atoms with Gasteiger partial charge in [-0.1, -0.05) is 52.0 Å². The van der Waals surface area contributed by atoms with E-state index in [4.69, 9.17) is 5.11 Å². The molecular weight excluding hydrogens is 324 g/mol. The fourth-order valence-electron chi connectivity index (χ4n) is 2.07. The summed E-state index contributed by atoms with van der Waals surface area (Å²) in [6, 6.07) is 7.89. The van der Waals surface area contributed by atoms with Crippen LogP contribution in [0.1, 0.15) is 38.1 Å². The van der Waals surface area contributed by atoms with Crippen molar-refractivity contribution >= 4 is 28.3 Å². The molecule has 2 rings (SSSR count). The quantitative estimate of drug-likeness (QED) is 0.858. The van der Waals surface area contributed by atoms with Crippen LogP contribution in [0.15, 0.2) is 24.3 Å². The third kappa shape index (κ3) is 4.41. The van der Waals surface area contributed by atoms with E-state index in [9.17, 15) is 9.59 Å². The molecular formula is C18H22N2O3S. The number of nitrogens with one attached hydrogen (secondary N) is 1. The van der Waals surface area contributed by atoms with E-state index in [2.05, 4.69) is 17.2 Å². The number of amides is 1. The van der Waals surface area contributed by atoms with Gasteiger partial charge in [0.05, 0.1) is 12.1 Å². The van der Waals surface area contributed by atoms with Gasteiger partial charge in [0.25, 0.3) is 0 Å². The second-order valence-corrected chi connectivity index (χ2v) is 7.70. The highest BCUT2D eigenvalue weighted by Crippen LogP contribution is 2.32. The van der Waals surface area contributed by atoms with Gasteiger partial charge < -0.3 is 10.4 Å². The highest BCUT2D eigenvalue weighted by molar-refractivity contribution is 7.16. The maximum atomic E-state index is 12.1. The highest BCUT2D eigenvalue weighted by Gasteiger charge is 2.24. The van der Waals surface area contributed by atoms with Gasteiger partial charge in [0, 0.05) is 15.9 Å². The Labute approximate surface area is 145 Å². The third-order valence-electron chi connectivity index (χ3n) is 3.55. The van der Waals surface area contributed by atoms with E-state index < -0.39 is 11.4 Å². The number of hydrogen-bond donors (Lipinski definition) is 2. The minimum atomic E-state index is -0.918. The topological polar surface area (TPSA) is 79.3 Å². The summed E-state index contributed by atoms with van der Waals surface area (Å²) >= 11 is 1.21. The molecule has 2 N–H and O–H groups in total. The van der Waals surface area contributed by atoms with Crippen molar-refractivity contribution in [2.75, 3.05) is 5.32 Å². The van der Waals surface area contributed by atoms with Crippen molar-refractivity contribution in [3.05, 3.63) is 34.7 Å². The molecule has 0 unspecified atom stereocenters. The van der Waals surface area contributed by atoms with Crippen LogP contribution in [0.3, 0.4) is 0 Å². The van der Waals surface area contributed by atoms with Gasteiger partial charge in [-0.05, 0) is 12.0 Å². The van der Waals surface area contributed by atoms with Crippen LogP contribution in [-0.2, 0) is 22.4 Å². The summed E-state index contributed by atoms with van der Waals surface area (Å²) in [5.74, 6) is -1.07. The number of hydrogen-bond acceptors (Lipinski definition) is 4. The molecule has 0 aliphatic carbocycles. The first-order valence-electron chi connectivity index (χ1n) is 7.83. The van der Waals surface area contributed by atoms with Crippen molar-refractivity contribution in [2.45, 2.75) is 40.5 Å². The summed E-state index contributed by atoms with van der Waals surface area (Å²) < 4.78 is 0. The Balaban J connectivity index is 2.37. The van der Waals surface area contributed by atoms with Crippen LogP contribution in [0.2, 0.25) is 0 Å². The first-order chi connectivity index (χ1) is 11.2. The number of aromatic nitrogens is 1. The highest BCUT2D eigenvalue weighted by atomic mass is 32.1. The number of rotatable bonds is 5. The fraction of sp³-hybridized carbons (Fsp3) is 0.389. The Morgan fingerprint density at radius 3 is 2.33 bits per heavy atom. The molecule has 1 aromatic carbocycles. The summed E-state index contributed by atoms with van der Waals surface area (Å²) in [4.78, 5) is 28.4. The molecule has 2 aromatic rings. The first kappa shape index (κ1) is 18.1. The Morgan fingerprint density at radius 1 is 1.21 bits per heavy atom. The van der Waals surface area contributed by atoms with Gasteiger partial charge in [0.2, 0.25) is 5.91 Å². The molecule has 1 amide bonds. The molecule has 1 heterocycles. The molecule has 6 heteroatoms. The average molecular weight is 346 g/mol. The van der Waals surface area contributed by atoms with E-state index in [0.29, 0.717) is 15.7 Å². The van der Waals surface area contributed by atoms with E-state index in [0.717, 1.165) is 12.0 Å². The maximum absolute atomic E-state index is 12.1. The predicted octanol–water partition coefficient (Wildman–Crippen LogP) is 3.98. The molecule has 0 aliphatic rings. The second kappa shape index (κ2) is 7.13. The second-order valence-electron chi connectivity index (χ2n) is 6.62. The van der Waals surface area contributed by atoms with Crippen LogP contribution >= 0.6 is 11.3 Å². The Morgan fingerprint density at radius 2 is 1.83 bits per heavy atom. The van der Waals surface area contributed by atoms with Crippen LogP contribution < -0.4 is 5.32 Å². The number of carbonyl (C=O) groups is 2. The van der Waals surface area contributed by atoms with Crippen LogP contribution in [0.5, 0.6) is 0 Å². The molecule has 0 aliphatic heterocycles. The Bertz CT molecular complexity index is 743. The van der Waals surface area contributed by atoms with Crippen molar-refractivity contribution in [1.82, 2.24) is 4.98 Å². The van der Waals surface area contributed by atoms with Crippen molar-refractivity contribution in [2.24, 2.45) is 5.41 Å². The molecule has 0 spiro atoms. The zero-order chi connectivity index (χ0) is 17.9. The molecule has 5 nitrogen and oxygen atoms in total. The molecule has 0 radical (unpaired) electrons. The number of aryl methyl sites for hydroxylation is 1. The standard InChI is InChI=1S/C18H22N2O3S/c1-5-11-6-8-12(9-7-11)15-13(10-14(21)22)24-17(19-15)20-16(23)18(2,3)4/h6-9H,5,10H2,1-4H3,(H,21,22)(H,19,20,23). The lowest BCUT2D eigenvalue weighted by Gasteiger charge is -2.15. The van der Waals surface area contributed by atoms with Gasteiger partial charge in [0.15, 0.2) is 5.13 Å². The number of anilines is 1. The van der Waals surface area contributed by atoms with Gasteiger partial charge >= 0.3 is 5.97 Å². The Hall–Kier alpha value is -2.21. The van der Waals surface area contributed by atoms with Gasteiger partial charge in [-0.15, -0.1) is 11.3 Å². The van der Waals surface area contributed by atoms with E-state index in [-0.39, 0.29) is 12.3 Å². The van der Waals surface area contributed by atoms with Gasteiger partial charge in [0.1, 0.15) is 0 Å². The van der Waals surface area contributed by atoms with Crippen LogP contribution in [-0.4, -0.2) is 22.0 Å². The molecule has 0 fully saturated rings. The van der Waals surface area contributed by atoms with Crippen molar-refractivity contribution in [1.29, 1.82) is 0 Å². The summed E-state index contributed by atoms with van der Waals surface area (Å²) in [5, 5.41) is 12.3. The monoisotopic (exact) mass is 346 g/mol. The molecule has 0 atom stereocenters.